The first-order valence-electron chi connectivity index (χ1n) is 5.74. The highest BCUT2D eigenvalue weighted by Crippen LogP contribution is 2.55. The van der Waals surface area contributed by atoms with Crippen molar-refractivity contribution in [3.63, 3.8) is 0 Å². The van der Waals surface area contributed by atoms with Crippen molar-refractivity contribution < 1.29 is 0 Å². The Morgan fingerprint density at radius 2 is 1.50 bits per heavy atom. The smallest absolute Gasteiger partial charge is 0.00193 e. The molecule has 1 aromatic heterocycles. The van der Waals surface area contributed by atoms with Gasteiger partial charge in [0.25, 0.3) is 0 Å². The van der Waals surface area contributed by atoms with Crippen molar-refractivity contribution in [3.05, 3.63) is 47.8 Å². The maximum absolute atomic E-state index is 2.35. The summed E-state index contributed by atoms with van der Waals surface area (Å²) in [6, 6.07) is 15.4. The summed E-state index contributed by atoms with van der Waals surface area (Å²) in [4.78, 5) is 0. The lowest BCUT2D eigenvalue weighted by molar-refractivity contribution is 0.719. The molecule has 0 N–H and O–H groups in total. The number of aryl methyl sites for hydroxylation is 1. The summed E-state index contributed by atoms with van der Waals surface area (Å²) in [5.41, 5.74) is 1.39. The van der Waals surface area contributed by atoms with E-state index in [9.17, 15) is 0 Å². The fourth-order valence-electron chi connectivity index (χ4n) is 2.26. The molecule has 0 fully saturated rings. The van der Waals surface area contributed by atoms with E-state index in [1.165, 1.54) is 10.9 Å². The maximum Gasteiger partial charge on any atom is 0.00193 e. The number of rotatable bonds is 1. The van der Waals surface area contributed by atoms with Gasteiger partial charge in [0.2, 0.25) is 0 Å². The van der Waals surface area contributed by atoms with Crippen LogP contribution in [0.25, 0.3) is 10.9 Å². The van der Waals surface area contributed by atoms with Crippen LogP contribution in [0.5, 0.6) is 0 Å². The van der Waals surface area contributed by atoms with Crippen molar-refractivity contribution in [3.8, 4) is 10.9 Å². The van der Waals surface area contributed by atoms with E-state index in [0.29, 0.717) is 5.16 Å². The molecule has 0 nitrogen and oxygen atoms in total. The molecule has 0 saturated heterocycles. The van der Waals surface area contributed by atoms with Crippen LogP contribution < -0.4 is 0 Å². The Kier molecular flexibility index (Phi) is 2.95. The van der Waals surface area contributed by atoms with Crippen molar-refractivity contribution in [2.75, 3.05) is 0 Å². The van der Waals surface area contributed by atoms with Crippen molar-refractivity contribution >= 4 is 7.53 Å². The Hall–Kier alpha value is -1.000. The number of hydrogen-bond donors (Lipinski definition) is 0. The van der Waals surface area contributed by atoms with Gasteiger partial charge in [-0.3, -0.25) is 0 Å². The van der Waals surface area contributed by atoms with Gasteiger partial charge in [-0.25, -0.2) is 0 Å². The highest BCUT2D eigenvalue weighted by Gasteiger charge is 2.20. The summed E-state index contributed by atoms with van der Waals surface area (Å²) in [6.07, 6.45) is 0. The predicted octanol–water partition coefficient (Wildman–Crippen LogP) is 5.40. The maximum atomic E-state index is 2.35. The molecule has 84 valence electrons. The van der Waals surface area contributed by atoms with Gasteiger partial charge in [0.1, 0.15) is 0 Å². The van der Waals surface area contributed by atoms with Crippen LogP contribution in [0.15, 0.2) is 42.5 Å². The van der Waals surface area contributed by atoms with E-state index in [0.717, 1.165) is 0 Å². The third-order valence-electron chi connectivity index (χ3n) is 2.82. The number of hydrogen-bond acceptors (Lipinski definition) is 0. The quantitative estimate of drug-likeness (QED) is 0.615. The molecule has 0 radical (unpaired) electrons. The molecule has 2 aromatic rings. The highest BCUT2D eigenvalue weighted by molar-refractivity contribution is 7.55. The van der Waals surface area contributed by atoms with Crippen molar-refractivity contribution in [2.24, 2.45) is 0 Å². The van der Waals surface area contributed by atoms with Crippen LogP contribution in [-0.2, 0) is 5.16 Å². The van der Waals surface area contributed by atoms with Gasteiger partial charge in [-0.15, -0.1) is 7.53 Å². The molecule has 1 aromatic carbocycles. The Bertz CT molecular complexity index is 472. The fraction of sp³-hybridized carbons (Fsp3) is 0.333. The lowest BCUT2D eigenvalue weighted by Gasteiger charge is -2.23. The van der Waals surface area contributed by atoms with Crippen LogP contribution >= 0.6 is 7.53 Å². The second-order valence-corrected chi connectivity index (χ2v) is 8.43. The Morgan fingerprint density at radius 1 is 0.875 bits per heavy atom. The normalized spacial score (nSPS) is 12.9. The molecule has 1 heterocycles. The van der Waals surface area contributed by atoms with E-state index in [1.54, 1.807) is 5.30 Å². The molecule has 1 atom stereocenters. The number of benzene rings is 1. The average molecular weight is 230 g/mol. The van der Waals surface area contributed by atoms with Gasteiger partial charge in [-0.05, 0) is 23.8 Å². The van der Waals surface area contributed by atoms with Crippen LogP contribution in [-0.4, -0.2) is 0 Å². The molecule has 1 heteroatoms. The summed E-state index contributed by atoms with van der Waals surface area (Å²) in [5, 5.41) is 3.43. The van der Waals surface area contributed by atoms with E-state index in [1.807, 2.05) is 0 Å². The Labute approximate surface area is 99.4 Å². The lowest BCUT2D eigenvalue weighted by atomic mass is 10.2. The van der Waals surface area contributed by atoms with Gasteiger partial charge >= 0.3 is 0 Å². The van der Waals surface area contributed by atoms with Crippen molar-refractivity contribution in [2.45, 2.75) is 32.9 Å². The molecule has 1 unspecified atom stereocenters. The molecule has 0 saturated carbocycles. The molecule has 0 aliphatic carbocycles. The molecule has 16 heavy (non-hydrogen) atoms. The second kappa shape index (κ2) is 4.11. The monoisotopic (exact) mass is 230 g/mol. The first-order chi connectivity index (χ1) is 7.50. The highest BCUT2D eigenvalue weighted by atomic mass is 31.1. The summed E-state index contributed by atoms with van der Waals surface area (Å²) >= 11 is 0. The Balaban J connectivity index is 2.60. The molecule has 2 rings (SSSR count). The second-order valence-electron chi connectivity index (χ2n) is 5.23. The summed E-state index contributed by atoms with van der Waals surface area (Å²) < 4.78 is 0. The van der Waals surface area contributed by atoms with Gasteiger partial charge in [-0.1, -0.05) is 57.2 Å². The summed E-state index contributed by atoms with van der Waals surface area (Å²) in [5.74, 6) is 0. The summed E-state index contributed by atoms with van der Waals surface area (Å²) in [7, 11) is -0.165. The van der Waals surface area contributed by atoms with Crippen LogP contribution in [0.2, 0.25) is 0 Å². The minimum absolute atomic E-state index is 0.165. The van der Waals surface area contributed by atoms with E-state index < -0.39 is 0 Å². The molecule has 0 aliphatic rings. The third-order valence-corrected chi connectivity index (χ3v) is 5.90. The fourth-order valence-corrected chi connectivity index (χ4v) is 5.28. The minimum atomic E-state index is -0.165. The first-order valence-corrected chi connectivity index (χ1v) is 7.08. The lowest BCUT2D eigenvalue weighted by Crippen LogP contribution is -2.01. The topological polar surface area (TPSA) is 0 Å². The first kappa shape index (κ1) is 11.5. The van der Waals surface area contributed by atoms with E-state index >= 15 is 0 Å². The molecular weight excluding hydrogens is 211 g/mol. The van der Waals surface area contributed by atoms with Crippen LogP contribution in [0, 0.1) is 6.92 Å². The summed E-state index contributed by atoms with van der Waals surface area (Å²) in [6.45, 7) is 9.30. The van der Waals surface area contributed by atoms with Crippen molar-refractivity contribution in [1.82, 2.24) is 0 Å². The van der Waals surface area contributed by atoms with E-state index in [4.69, 9.17) is 0 Å². The zero-order valence-corrected chi connectivity index (χ0v) is 11.4. The molecule has 0 spiro atoms. The minimum Gasteiger partial charge on any atom is -0.108 e. The standard InChI is InChI=1S/C15H19P/c1-12-10-11-14(16(12)15(2,3)4)13-8-6-5-7-9-13/h5-11H,1-4H3. The van der Waals surface area contributed by atoms with E-state index in [-0.39, 0.29) is 7.53 Å². The SMILES string of the molecule is Cc1ccc(-c2ccccc2)p1C(C)(C)C. The largest absolute Gasteiger partial charge is 0.108 e. The van der Waals surface area contributed by atoms with Gasteiger partial charge in [0, 0.05) is 10.5 Å². The van der Waals surface area contributed by atoms with Gasteiger partial charge in [0.15, 0.2) is 0 Å². The van der Waals surface area contributed by atoms with Gasteiger partial charge in [0.05, 0.1) is 0 Å². The molecule has 0 aliphatic heterocycles. The van der Waals surface area contributed by atoms with E-state index in [2.05, 4.69) is 70.2 Å². The van der Waals surface area contributed by atoms with Crippen LogP contribution in [0.4, 0.5) is 0 Å². The van der Waals surface area contributed by atoms with Crippen LogP contribution in [0.1, 0.15) is 26.1 Å². The molecule has 0 amide bonds. The van der Waals surface area contributed by atoms with Crippen molar-refractivity contribution in [1.29, 1.82) is 0 Å². The van der Waals surface area contributed by atoms with Crippen LogP contribution in [0.3, 0.4) is 0 Å². The zero-order valence-electron chi connectivity index (χ0n) is 10.5. The Morgan fingerprint density at radius 3 is 2.06 bits per heavy atom. The predicted molar refractivity (Wildman–Crippen MR) is 74.3 cm³/mol. The van der Waals surface area contributed by atoms with Gasteiger partial charge < -0.3 is 0 Å². The average Bonchev–Trinajstić information content (AvgIpc) is 2.61. The third kappa shape index (κ3) is 2.08. The van der Waals surface area contributed by atoms with Gasteiger partial charge in [-0.2, -0.15) is 0 Å². The molecule has 0 bridgehead atoms. The zero-order chi connectivity index (χ0) is 11.8. The molecular formula is C15H19P.